The Kier molecular flexibility index (Phi) is 3.43. The quantitative estimate of drug-likeness (QED) is 0.869. The fourth-order valence-corrected chi connectivity index (χ4v) is 1.44. The number of nitrogens with one attached hydrogen (secondary N) is 2. The molecule has 0 aliphatic heterocycles. The molecule has 0 spiro atoms. The van der Waals surface area contributed by atoms with Crippen molar-refractivity contribution in [1.29, 1.82) is 0 Å². The van der Waals surface area contributed by atoms with Gasteiger partial charge in [0.15, 0.2) is 11.6 Å². The smallest absolute Gasteiger partial charge is 0.224 e. The Morgan fingerprint density at radius 3 is 2.94 bits per heavy atom. The van der Waals surface area contributed by atoms with Crippen LogP contribution >= 0.6 is 11.6 Å². The maximum absolute atomic E-state index is 5.96. The average molecular weight is 254 g/mol. The van der Waals surface area contributed by atoms with Crippen LogP contribution in [0.3, 0.4) is 0 Å². The largest absolute Gasteiger partial charge is 0.361 e. The second-order valence-corrected chi connectivity index (χ2v) is 3.84. The first-order chi connectivity index (χ1) is 8.19. The fourth-order valence-electron chi connectivity index (χ4n) is 1.28. The fraction of sp³-hybridized carbons (Fsp3) is 0.300. The van der Waals surface area contributed by atoms with Gasteiger partial charge in [0.25, 0.3) is 0 Å². The van der Waals surface area contributed by atoms with E-state index in [1.54, 1.807) is 7.05 Å². The van der Waals surface area contributed by atoms with E-state index in [0.29, 0.717) is 23.3 Å². The first-order valence-corrected chi connectivity index (χ1v) is 5.43. The maximum Gasteiger partial charge on any atom is 0.224 e. The van der Waals surface area contributed by atoms with Gasteiger partial charge in [0.2, 0.25) is 5.95 Å². The summed E-state index contributed by atoms with van der Waals surface area (Å²) < 4.78 is 5.07. The molecule has 17 heavy (non-hydrogen) atoms. The highest BCUT2D eigenvalue weighted by Crippen LogP contribution is 2.19. The summed E-state index contributed by atoms with van der Waals surface area (Å²) >= 11 is 5.96. The highest BCUT2D eigenvalue weighted by molar-refractivity contribution is 6.32. The number of anilines is 2. The van der Waals surface area contributed by atoms with E-state index in [-0.39, 0.29) is 0 Å². The Balaban J connectivity index is 2.07. The SMILES string of the molecule is CNc1ncc(Cl)c(NCc2cc(C)no2)n1. The molecule has 0 aliphatic carbocycles. The molecule has 0 aromatic carbocycles. The highest BCUT2D eigenvalue weighted by atomic mass is 35.5. The summed E-state index contributed by atoms with van der Waals surface area (Å²) in [5.41, 5.74) is 0.839. The van der Waals surface area contributed by atoms with E-state index in [2.05, 4.69) is 25.8 Å². The van der Waals surface area contributed by atoms with Gasteiger partial charge in [-0.15, -0.1) is 0 Å². The Morgan fingerprint density at radius 1 is 1.47 bits per heavy atom. The molecule has 2 rings (SSSR count). The summed E-state index contributed by atoms with van der Waals surface area (Å²) in [5, 5.41) is 10.2. The van der Waals surface area contributed by atoms with Crippen molar-refractivity contribution in [2.24, 2.45) is 0 Å². The van der Waals surface area contributed by atoms with Crippen LogP contribution in [0, 0.1) is 6.92 Å². The summed E-state index contributed by atoms with van der Waals surface area (Å²) in [6, 6.07) is 1.85. The number of hydrogen-bond donors (Lipinski definition) is 2. The zero-order chi connectivity index (χ0) is 12.3. The predicted molar refractivity (Wildman–Crippen MR) is 65.2 cm³/mol. The molecule has 7 heteroatoms. The van der Waals surface area contributed by atoms with Crippen LogP contribution in [0.25, 0.3) is 0 Å². The Labute approximate surface area is 103 Å². The van der Waals surface area contributed by atoms with Gasteiger partial charge in [-0.2, -0.15) is 4.98 Å². The zero-order valence-electron chi connectivity index (χ0n) is 9.49. The number of aromatic nitrogens is 3. The van der Waals surface area contributed by atoms with Gasteiger partial charge in [0, 0.05) is 13.1 Å². The molecule has 2 aromatic rings. The lowest BCUT2D eigenvalue weighted by atomic mass is 10.4. The molecule has 90 valence electrons. The molecular weight excluding hydrogens is 242 g/mol. The van der Waals surface area contributed by atoms with Gasteiger partial charge < -0.3 is 15.2 Å². The topological polar surface area (TPSA) is 75.9 Å². The van der Waals surface area contributed by atoms with Gasteiger partial charge in [-0.3, -0.25) is 0 Å². The zero-order valence-corrected chi connectivity index (χ0v) is 10.2. The van der Waals surface area contributed by atoms with Gasteiger partial charge in [0.1, 0.15) is 5.02 Å². The summed E-state index contributed by atoms with van der Waals surface area (Å²) in [4.78, 5) is 8.17. The van der Waals surface area contributed by atoms with Crippen molar-refractivity contribution in [3.63, 3.8) is 0 Å². The number of halogens is 1. The summed E-state index contributed by atoms with van der Waals surface area (Å²) in [6.07, 6.45) is 1.54. The second-order valence-electron chi connectivity index (χ2n) is 3.43. The lowest BCUT2D eigenvalue weighted by Gasteiger charge is -2.06. The van der Waals surface area contributed by atoms with E-state index in [1.165, 1.54) is 6.20 Å². The molecule has 0 atom stereocenters. The van der Waals surface area contributed by atoms with Crippen LogP contribution in [0.2, 0.25) is 5.02 Å². The van der Waals surface area contributed by atoms with E-state index in [1.807, 2.05) is 13.0 Å². The van der Waals surface area contributed by atoms with Crippen molar-refractivity contribution in [3.8, 4) is 0 Å². The molecule has 2 N–H and O–H groups in total. The van der Waals surface area contributed by atoms with E-state index in [9.17, 15) is 0 Å². The number of rotatable bonds is 4. The van der Waals surface area contributed by atoms with Gasteiger partial charge >= 0.3 is 0 Å². The molecular formula is C10H12ClN5O. The normalized spacial score (nSPS) is 10.3. The monoisotopic (exact) mass is 253 g/mol. The number of nitrogens with zero attached hydrogens (tertiary/aromatic N) is 3. The lowest BCUT2D eigenvalue weighted by Crippen LogP contribution is -2.04. The average Bonchev–Trinajstić information content (AvgIpc) is 2.74. The third kappa shape index (κ3) is 2.85. The first-order valence-electron chi connectivity index (χ1n) is 5.05. The minimum absolute atomic E-state index is 0.459. The molecule has 0 saturated heterocycles. The van der Waals surface area contributed by atoms with Gasteiger partial charge in [-0.1, -0.05) is 16.8 Å². The summed E-state index contributed by atoms with van der Waals surface area (Å²) in [6.45, 7) is 2.34. The molecule has 0 amide bonds. The van der Waals surface area contributed by atoms with Gasteiger partial charge in [-0.25, -0.2) is 4.98 Å². The molecule has 2 heterocycles. The molecule has 6 nitrogen and oxygen atoms in total. The highest BCUT2D eigenvalue weighted by Gasteiger charge is 2.06. The van der Waals surface area contributed by atoms with Crippen molar-refractivity contribution in [2.75, 3.05) is 17.7 Å². The molecule has 0 unspecified atom stereocenters. The molecule has 0 bridgehead atoms. The summed E-state index contributed by atoms with van der Waals surface area (Å²) in [7, 11) is 1.74. The van der Waals surface area contributed by atoms with Gasteiger partial charge in [-0.05, 0) is 6.92 Å². The van der Waals surface area contributed by atoms with Crippen LogP contribution in [0.15, 0.2) is 16.8 Å². The van der Waals surface area contributed by atoms with E-state index < -0.39 is 0 Å². The molecule has 2 aromatic heterocycles. The predicted octanol–water partition coefficient (Wildman–Crippen LogP) is 2.08. The van der Waals surface area contributed by atoms with Crippen LogP contribution in [-0.2, 0) is 6.54 Å². The standard InChI is InChI=1S/C10H12ClN5O/c1-6-3-7(17-16-6)4-13-9-8(11)5-14-10(12-2)15-9/h3,5H,4H2,1-2H3,(H2,12,13,14,15). The lowest BCUT2D eigenvalue weighted by molar-refractivity contribution is 0.384. The van der Waals surface area contributed by atoms with Crippen molar-refractivity contribution >= 4 is 23.4 Å². The number of hydrogen-bond acceptors (Lipinski definition) is 6. The Morgan fingerprint density at radius 2 is 2.29 bits per heavy atom. The number of aryl methyl sites for hydroxylation is 1. The first kappa shape index (κ1) is 11.7. The molecule has 0 saturated carbocycles. The van der Waals surface area contributed by atoms with Crippen LogP contribution in [0.1, 0.15) is 11.5 Å². The van der Waals surface area contributed by atoms with Crippen molar-refractivity contribution in [2.45, 2.75) is 13.5 Å². The Bertz CT molecular complexity index is 513. The molecule has 0 fully saturated rings. The van der Waals surface area contributed by atoms with Crippen LogP contribution in [0.4, 0.5) is 11.8 Å². The minimum Gasteiger partial charge on any atom is -0.361 e. The van der Waals surface area contributed by atoms with Crippen LogP contribution in [0.5, 0.6) is 0 Å². The molecule has 0 radical (unpaired) electrons. The maximum atomic E-state index is 5.96. The third-order valence-corrected chi connectivity index (χ3v) is 2.35. The van der Waals surface area contributed by atoms with Crippen LogP contribution in [-0.4, -0.2) is 22.2 Å². The van der Waals surface area contributed by atoms with E-state index in [4.69, 9.17) is 16.1 Å². The van der Waals surface area contributed by atoms with Gasteiger partial charge in [0.05, 0.1) is 18.4 Å². The van der Waals surface area contributed by atoms with Crippen molar-refractivity contribution < 1.29 is 4.52 Å². The van der Waals surface area contributed by atoms with Crippen LogP contribution < -0.4 is 10.6 Å². The third-order valence-electron chi connectivity index (χ3n) is 2.07. The van der Waals surface area contributed by atoms with Crippen molar-refractivity contribution in [1.82, 2.24) is 15.1 Å². The summed E-state index contributed by atoms with van der Waals surface area (Å²) in [5.74, 6) is 1.79. The second kappa shape index (κ2) is 5.01. The van der Waals surface area contributed by atoms with E-state index >= 15 is 0 Å². The molecule has 0 aliphatic rings. The Hall–Kier alpha value is -1.82. The van der Waals surface area contributed by atoms with Crippen molar-refractivity contribution in [3.05, 3.63) is 28.7 Å². The minimum atomic E-state index is 0.459. The van der Waals surface area contributed by atoms with E-state index in [0.717, 1.165) is 11.5 Å².